The Kier molecular flexibility index (Phi) is 5.33. The van der Waals surface area contributed by atoms with Gasteiger partial charge in [0.2, 0.25) is 0 Å². The van der Waals surface area contributed by atoms with Crippen LogP contribution < -0.4 is 0 Å². The Morgan fingerprint density at radius 3 is 2.25 bits per heavy atom. The lowest BCUT2D eigenvalue weighted by molar-refractivity contribution is 0.0477. The van der Waals surface area contributed by atoms with E-state index in [4.69, 9.17) is 4.74 Å². The fourth-order valence-corrected chi connectivity index (χ4v) is 1.94. The van der Waals surface area contributed by atoms with Gasteiger partial charge in [-0.3, -0.25) is 0 Å². The normalized spacial score (nSPS) is 11.8. The molecule has 0 aromatic heterocycles. The Bertz CT molecular complexity index is 522. The van der Waals surface area contributed by atoms with Crippen LogP contribution in [0.25, 0.3) is 0 Å². The maximum atomic E-state index is 11.7. The molecule has 0 aliphatic carbocycles. The Hall–Kier alpha value is -2.13. The Morgan fingerprint density at radius 2 is 1.60 bits per heavy atom. The first kappa shape index (κ1) is 14.3. The van der Waals surface area contributed by atoms with Crippen molar-refractivity contribution in [2.45, 2.75) is 18.9 Å². The van der Waals surface area contributed by atoms with E-state index in [1.807, 2.05) is 36.4 Å². The summed E-state index contributed by atoms with van der Waals surface area (Å²) < 4.78 is 5.16. The van der Waals surface area contributed by atoms with Gasteiger partial charge in [-0.1, -0.05) is 48.5 Å². The molecule has 0 saturated heterocycles. The highest BCUT2D eigenvalue weighted by Gasteiger charge is 2.08. The molecule has 0 aliphatic heterocycles. The quantitative estimate of drug-likeness (QED) is 0.646. The summed E-state index contributed by atoms with van der Waals surface area (Å²) >= 11 is 0. The van der Waals surface area contributed by atoms with Crippen molar-refractivity contribution >= 4 is 5.97 Å². The molecule has 2 aromatic rings. The fourth-order valence-electron chi connectivity index (χ4n) is 1.94. The van der Waals surface area contributed by atoms with Gasteiger partial charge in [0, 0.05) is 0 Å². The maximum Gasteiger partial charge on any atom is 0.338 e. The molecular formula is C17H18O3. The molecule has 1 atom stereocenters. The largest absolute Gasteiger partial charge is 0.462 e. The second-order valence-electron chi connectivity index (χ2n) is 4.57. The highest BCUT2D eigenvalue weighted by atomic mass is 16.5. The topological polar surface area (TPSA) is 46.5 Å². The summed E-state index contributed by atoms with van der Waals surface area (Å²) in [4.78, 5) is 11.7. The van der Waals surface area contributed by atoms with Crippen LogP contribution >= 0.6 is 0 Å². The number of ether oxygens (including phenoxy) is 1. The van der Waals surface area contributed by atoms with Crippen LogP contribution in [0, 0.1) is 0 Å². The molecule has 0 heterocycles. The molecule has 2 rings (SSSR count). The summed E-state index contributed by atoms with van der Waals surface area (Å²) in [6.45, 7) is 0.317. The minimum Gasteiger partial charge on any atom is -0.462 e. The number of carbonyl (C=O) groups is 1. The van der Waals surface area contributed by atoms with Crippen molar-refractivity contribution in [3.63, 3.8) is 0 Å². The van der Waals surface area contributed by atoms with Crippen LogP contribution in [0.2, 0.25) is 0 Å². The highest BCUT2D eigenvalue weighted by molar-refractivity contribution is 5.89. The molecular weight excluding hydrogens is 252 g/mol. The van der Waals surface area contributed by atoms with Gasteiger partial charge in [0.1, 0.15) is 0 Å². The predicted molar refractivity (Wildman–Crippen MR) is 77.4 cm³/mol. The van der Waals surface area contributed by atoms with Crippen LogP contribution in [0.15, 0.2) is 60.7 Å². The molecule has 1 unspecified atom stereocenters. The summed E-state index contributed by atoms with van der Waals surface area (Å²) in [6, 6.07) is 18.4. The van der Waals surface area contributed by atoms with Gasteiger partial charge in [0.05, 0.1) is 18.3 Å². The van der Waals surface area contributed by atoms with Crippen LogP contribution in [-0.2, 0) is 4.74 Å². The summed E-state index contributed by atoms with van der Waals surface area (Å²) in [5.74, 6) is -0.320. The smallest absolute Gasteiger partial charge is 0.338 e. The van der Waals surface area contributed by atoms with Gasteiger partial charge in [0.15, 0.2) is 0 Å². The van der Waals surface area contributed by atoms with E-state index in [9.17, 15) is 9.90 Å². The number of hydrogen-bond acceptors (Lipinski definition) is 3. The van der Waals surface area contributed by atoms with Crippen molar-refractivity contribution < 1.29 is 14.6 Å². The standard InChI is InChI=1S/C17H18O3/c18-16(14-8-3-1-4-9-14)12-7-13-20-17(19)15-10-5-2-6-11-15/h1-6,8-11,16,18H,7,12-13H2. The molecule has 3 nitrogen and oxygen atoms in total. The average Bonchev–Trinajstić information content (AvgIpc) is 2.53. The first-order chi connectivity index (χ1) is 9.77. The Morgan fingerprint density at radius 1 is 1.00 bits per heavy atom. The average molecular weight is 270 g/mol. The number of esters is 1. The van der Waals surface area contributed by atoms with Crippen molar-refractivity contribution in [2.75, 3.05) is 6.61 Å². The fraction of sp³-hybridized carbons (Fsp3) is 0.235. The Labute approximate surface area is 118 Å². The van der Waals surface area contributed by atoms with Gasteiger partial charge >= 0.3 is 5.97 Å². The van der Waals surface area contributed by atoms with E-state index in [1.165, 1.54) is 0 Å². The molecule has 0 saturated carbocycles. The summed E-state index contributed by atoms with van der Waals surface area (Å²) in [6.07, 6.45) is 0.701. The number of aliphatic hydroxyl groups is 1. The predicted octanol–water partition coefficient (Wildman–Crippen LogP) is 3.36. The molecule has 20 heavy (non-hydrogen) atoms. The number of carbonyl (C=O) groups excluding carboxylic acids is 1. The molecule has 3 heteroatoms. The van der Waals surface area contributed by atoms with Gasteiger partial charge in [0.25, 0.3) is 0 Å². The van der Waals surface area contributed by atoms with Crippen LogP contribution in [0.5, 0.6) is 0 Å². The molecule has 0 spiro atoms. The number of benzene rings is 2. The first-order valence-electron chi connectivity index (χ1n) is 6.72. The summed E-state index contributed by atoms with van der Waals surface area (Å²) in [7, 11) is 0. The van der Waals surface area contributed by atoms with E-state index in [2.05, 4.69) is 0 Å². The van der Waals surface area contributed by atoms with E-state index in [-0.39, 0.29) is 5.97 Å². The third-order valence-electron chi connectivity index (χ3n) is 3.05. The minimum absolute atomic E-state index is 0.317. The van der Waals surface area contributed by atoms with E-state index in [1.54, 1.807) is 24.3 Å². The van der Waals surface area contributed by atoms with Crippen molar-refractivity contribution in [3.8, 4) is 0 Å². The van der Waals surface area contributed by atoms with Gasteiger partial charge in [-0.05, 0) is 30.5 Å². The van der Waals surface area contributed by atoms with Gasteiger partial charge < -0.3 is 9.84 Å². The zero-order chi connectivity index (χ0) is 14.2. The molecule has 0 bridgehead atoms. The zero-order valence-electron chi connectivity index (χ0n) is 11.2. The molecule has 104 valence electrons. The van der Waals surface area contributed by atoms with Crippen LogP contribution in [0.4, 0.5) is 0 Å². The first-order valence-corrected chi connectivity index (χ1v) is 6.72. The molecule has 0 aliphatic rings. The number of rotatable bonds is 6. The van der Waals surface area contributed by atoms with Crippen LogP contribution in [0.1, 0.15) is 34.9 Å². The SMILES string of the molecule is O=C(OCCCC(O)c1ccccc1)c1ccccc1. The van der Waals surface area contributed by atoms with Crippen molar-refractivity contribution in [1.29, 1.82) is 0 Å². The lowest BCUT2D eigenvalue weighted by Crippen LogP contribution is -2.07. The van der Waals surface area contributed by atoms with E-state index < -0.39 is 6.10 Å². The lowest BCUT2D eigenvalue weighted by atomic mass is 10.1. The zero-order valence-corrected chi connectivity index (χ0v) is 11.2. The second kappa shape index (κ2) is 7.46. The monoisotopic (exact) mass is 270 g/mol. The van der Waals surface area contributed by atoms with Crippen molar-refractivity contribution in [3.05, 3.63) is 71.8 Å². The van der Waals surface area contributed by atoms with Crippen molar-refractivity contribution in [2.24, 2.45) is 0 Å². The third kappa shape index (κ3) is 4.21. The van der Waals surface area contributed by atoms with Crippen LogP contribution in [0.3, 0.4) is 0 Å². The molecule has 0 amide bonds. The van der Waals surface area contributed by atoms with Crippen molar-refractivity contribution in [1.82, 2.24) is 0 Å². The minimum atomic E-state index is -0.508. The highest BCUT2D eigenvalue weighted by Crippen LogP contribution is 2.17. The van der Waals surface area contributed by atoms with Crippen LogP contribution in [-0.4, -0.2) is 17.7 Å². The van der Waals surface area contributed by atoms with E-state index in [0.717, 1.165) is 5.56 Å². The van der Waals surface area contributed by atoms with E-state index in [0.29, 0.717) is 25.0 Å². The number of aliphatic hydroxyl groups excluding tert-OH is 1. The molecule has 0 fully saturated rings. The third-order valence-corrected chi connectivity index (χ3v) is 3.05. The van der Waals surface area contributed by atoms with Gasteiger partial charge in [-0.2, -0.15) is 0 Å². The second-order valence-corrected chi connectivity index (χ2v) is 4.57. The van der Waals surface area contributed by atoms with Gasteiger partial charge in [-0.25, -0.2) is 4.79 Å². The summed E-state index contributed by atoms with van der Waals surface area (Å²) in [5, 5.41) is 9.96. The molecule has 0 radical (unpaired) electrons. The maximum absolute atomic E-state index is 11.7. The summed E-state index contributed by atoms with van der Waals surface area (Å²) in [5.41, 5.74) is 1.44. The van der Waals surface area contributed by atoms with Gasteiger partial charge in [-0.15, -0.1) is 0 Å². The Balaban J connectivity index is 1.71. The lowest BCUT2D eigenvalue weighted by Gasteiger charge is -2.10. The molecule has 1 N–H and O–H groups in total. The van der Waals surface area contributed by atoms with E-state index >= 15 is 0 Å². The number of hydrogen-bond donors (Lipinski definition) is 1. The molecule has 2 aromatic carbocycles.